The number of benzene rings is 2. The normalized spacial score (nSPS) is 17.2. The highest BCUT2D eigenvalue weighted by Gasteiger charge is 2.24. The first kappa shape index (κ1) is 18.1. The zero-order valence-electron chi connectivity index (χ0n) is 15.5. The molecule has 5 nitrogen and oxygen atoms in total. The highest BCUT2D eigenvalue weighted by atomic mass is 32.1. The van der Waals surface area contributed by atoms with Crippen LogP contribution in [-0.4, -0.2) is 46.9 Å². The van der Waals surface area contributed by atoms with Gasteiger partial charge in [-0.25, -0.2) is 4.98 Å². The summed E-state index contributed by atoms with van der Waals surface area (Å²) in [6.45, 7) is 7.31. The summed E-state index contributed by atoms with van der Waals surface area (Å²) in [6, 6.07) is 16.3. The summed E-state index contributed by atoms with van der Waals surface area (Å²) in [7, 11) is 0. The molecule has 0 bridgehead atoms. The minimum absolute atomic E-state index is 0.347. The molecular weight excluding hydrogens is 356 g/mol. The lowest BCUT2D eigenvalue weighted by Crippen LogP contribution is -2.46. The van der Waals surface area contributed by atoms with E-state index >= 15 is 0 Å². The number of thiazole rings is 1. The molecule has 6 heteroatoms. The first-order valence-corrected chi connectivity index (χ1v) is 10.1. The molecule has 2 heterocycles. The number of primary amides is 1. The first-order valence-electron chi connectivity index (χ1n) is 9.31. The third-order valence-electron chi connectivity index (χ3n) is 5.27. The van der Waals surface area contributed by atoms with E-state index in [1.807, 2.05) is 30.3 Å². The third-order valence-corrected chi connectivity index (χ3v) is 6.47. The van der Waals surface area contributed by atoms with Crippen LogP contribution in [-0.2, 0) is 6.54 Å². The minimum atomic E-state index is -0.376. The van der Waals surface area contributed by atoms with E-state index in [2.05, 4.69) is 34.9 Å². The maximum absolute atomic E-state index is 11.2. The number of amides is 1. The second-order valence-electron chi connectivity index (χ2n) is 7.07. The van der Waals surface area contributed by atoms with Crippen LogP contribution < -0.4 is 5.73 Å². The average Bonchev–Trinajstić information content (AvgIpc) is 3.13. The molecule has 1 aromatic heterocycles. The Morgan fingerprint density at radius 2 is 1.81 bits per heavy atom. The Bertz CT molecular complexity index is 896. The van der Waals surface area contributed by atoms with Crippen molar-refractivity contribution in [2.24, 2.45) is 5.73 Å². The molecule has 1 amide bonds. The molecule has 3 aromatic rings. The Balaban J connectivity index is 1.34. The largest absolute Gasteiger partial charge is 0.366 e. The quantitative estimate of drug-likeness (QED) is 0.738. The number of nitrogens with zero attached hydrogens (tertiary/aromatic N) is 3. The second kappa shape index (κ2) is 7.76. The van der Waals surface area contributed by atoms with Gasteiger partial charge in [-0.15, -0.1) is 11.3 Å². The number of aromatic nitrogens is 1. The van der Waals surface area contributed by atoms with Crippen molar-refractivity contribution in [3.05, 3.63) is 64.7 Å². The van der Waals surface area contributed by atoms with Gasteiger partial charge < -0.3 is 5.73 Å². The van der Waals surface area contributed by atoms with Gasteiger partial charge in [-0.2, -0.15) is 0 Å². The van der Waals surface area contributed by atoms with Gasteiger partial charge in [-0.1, -0.05) is 24.3 Å². The zero-order valence-corrected chi connectivity index (χ0v) is 16.3. The molecule has 0 aliphatic carbocycles. The Labute approximate surface area is 163 Å². The van der Waals surface area contributed by atoms with E-state index in [0.29, 0.717) is 11.6 Å². The molecule has 4 rings (SSSR count). The summed E-state index contributed by atoms with van der Waals surface area (Å²) in [5, 5.41) is 1.20. The van der Waals surface area contributed by atoms with Gasteiger partial charge in [0.15, 0.2) is 0 Å². The molecule has 1 fully saturated rings. The molecule has 27 heavy (non-hydrogen) atoms. The summed E-state index contributed by atoms with van der Waals surface area (Å²) < 4.78 is 1.26. The number of para-hydroxylation sites is 1. The molecule has 1 aliphatic rings. The van der Waals surface area contributed by atoms with E-state index in [1.54, 1.807) is 11.3 Å². The van der Waals surface area contributed by atoms with E-state index in [4.69, 9.17) is 10.7 Å². The van der Waals surface area contributed by atoms with Crippen LogP contribution in [0.15, 0.2) is 48.5 Å². The summed E-state index contributed by atoms with van der Waals surface area (Å²) in [6.07, 6.45) is 0. The SMILES string of the molecule is C[C@H](c1nc2ccccc2s1)N1CCN(Cc2ccc(C(N)=O)cc2)CC1. The smallest absolute Gasteiger partial charge is 0.248 e. The molecular formula is C21H24N4OS. The van der Waals surface area contributed by atoms with Crippen molar-refractivity contribution in [3.63, 3.8) is 0 Å². The van der Waals surface area contributed by atoms with Gasteiger partial charge in [-0.3, -0.25) is 14.6 Å². The zero-order chi connectivity index (χ0) is 18.8. The van der Waals surface area contributed by atoms with E-state index < -0.39 is 0 Å². The molecule has 2 N–H and O–H groups in total. The number of rotatable bonds is 5. The van der Waals surface area contributed by atoms with Crippen molar-refractivity contribution >= 4 is 27.5 Å². The number of carbonyl (C=O) groups excluding carboxylic acids is 1. The van der Waals surface area contributed by atoms with Crippen LogP contribution in [0.1, 0.15) is 33.9 Å². The Kier molecular flexibility index (Phi) is 5.20. The topological polar surface area (TPSA) is 62.5 Å². The highest BCUT2D eigenvalue weighted by Crippen LogP contribution is 2.30. The standard InChI is InChI=1S/C21H24N4OS/c1-15(21-23-18-4-2-3-5-19(18)27-21)25-12-10-24(11-13-25)14-16-6-8-17(9-7-16)20(22)26/h2-9,15H,10-14H2,1H3,(H2,22,26)/t15-/m1/s1. The minimum Gasteiger partial charge on any atom is -0.366 e. The molecule has 0 spiro atoms. The molecule has 0 saturated carbocycles. The Morgan fingerprint density at radius 1 is 1.11 bits per heavy atom. The van der Waals surface area contributed by atoms with Crippen LogP contribution in [0.4, 0.5) is 0 Å². The van der Waals surface area contributed by atoms with Gasteiger partial charge in [0.1, 0.15) is 5.01 Å². The van der Waals surface area contributed by atoms with Gasteiger partial charge in [0.25, 0.3) is 0 Å². The summed E-state index contributed by atoms with van der Waals surface area (Å²) >= 11 is 1.80. The van der Waals surface area contributed by atoms with Crippen molar-refractivity contribution in [1.82, 2.24) is 14.8 Å². The molecule has 1 atom stereocenters. The lowest BCUT2D eigenvalue weighted by atomic mass is 10.1. The van der Waals surface area contributed by atoms with Crippen LogP contribution in [0, 0.1) is 0 Å². The van der Waals surface area contributed by atoms with E-state index in [1.165, 1.54) is 15.3 Å². The third kappa shape index (κ3) is 4.03. The Morgan fingerprint density at radius 3 is 2.48 bits per heavy atom. The van der Waals surface area contributed by atoms with Gasteiger partial charge >= 0.3 is 0 Å². The lowest BCUT2D eigenvalue weighted by Gasteiger charge is -2.37. The second-order valence-corrected chi connectivity index (χ2v) is 8.13. The van der Waals surface area contributed by atoms with Crippen molar-refractivity contribution in [2.75, 3.05) is 26.2 Å². The van der Waals surface area contributed by atoms with Gasteiger partial charge in [0.05, 0.1) is 16.3 Å². The summed E-state index contributed by atoms with van der Waals surface area (Å²) in [5.74, 6) is -0.376. The Hall–Kier alpha value is -2.28. The molecule has 140 valence electrons. The van der Waals surface area contributed by atoms with E-state index in [-0.39, 0.29) is 5.91 Å². The van der Waals surface area contributed by atoms with Gasteiger partial charge in [0.2, 0.25) is 5.91 Å². The van der Waals surface area contributed by atoms with Crippen LogP contribution in [0.3, 0.4) is 0 Å². The van der Waals surface area contributed by atoms with Crippen LogP contribution in [0.25, 0.3) is 10.2 Å². The predicted octanol–water partition coefficient (Wildman–Crippen LogP) is 3.27. The molecule has 0 unspecified atom stereocenters. The van der Waals surface area contributed by atoms with Crippen molar-refractivity contribution in [2.45, 2.75) is 19.5 Å². The molecule has 0 radical (unpaired) electrons. The van der Waals surface area contributed by atoms with E-state index in [9.17, 15) is 4.79 Å². The van der Waals surface area contributed by atoms with Gasteiger partial charge in [-0.05, 0) is 36.8 Å². The van der Waals surface area contributed by atoms with Crippen LogP contribution >= 0.6 is 11.3 Å². The average molecular weight is 381 g/mol. The summed E-state index contributed by atoms with van der Waals surface area (Å²) in [4.78, 5) is 21.0. The lowest BCUT2D eigenvalue weighted by molar-refractivity contribution is 0.0977. The number of fused-ring (bicyclic) bond motifs is 1. The predicted molar refractivity (Wildman–Crippen MR) is 110 cm³/mol. The fourth-order valence-corrected chi connectivity index (χ4v) is 4.62. The first-order chi connectivity index (χ1) is 13.1. The molecule has 2 aromatic carbocycles. The molecule has 1 saturated heterocycles. The number of nitrogens with two attached hydrogens (primary N) is 1. The monoisotopic (exact) mass is 380 g/mol. The number of piperazine rings is 1. The van der Waals surface area contributed by atoms with Crippen molar-refractivity contribution in [3.8, 4) is 0 Å². The highest BCUT2D eigenvalue weighted by molar-refractivity contribution is 7.18. The van der Waals surface area contributed by atoms with Crippen molar-refractivity contribution in [1.29, 1.82) is 0 Å². The van der Waals surface area contributed by atoms with Crippen LogP contribution in [0.5, 0.6) is 0 Å². The number of carbonyl (C=O) groups is 1. The molecule has 1 aliphatic heterocycles. The van der Waals surface area contributed by atoms with Crippen molar-refractivity contribution < 1.29 is 4.79 Å². The van der Waals surface area contributed by atoms with Crippen LogP contribution in [0.2, 0.25) is 0 Å². The fourth-order valence-electron chi connectivity index (χ4n) is 3.57. The number of hydrogen-bond acceptors (Lipinski definition) is 5. The maximum atomic E-state index is 11.2. The maximum Gasteiger partial charge on any atom is 0.248 e. The van der Waals surface area contributed by atoms with E-state index in [0.717, 1.165) is 38.2 Å². The number of hydrogen-bond donors (Lipinski definition) is 1. The fraction of sp³-hybridized carbons (Fsp3) is 0.333. The summed E-state index contributed by atoms with van der Waals surface area (Å²) in [5.41, 5.74) is 8.18. The van der Waals surface area contributed by atoms with Gasteiger partial charge in [0, 0.05) is 38.3 Å².